The van der Waals surface area contributed by atoms with Gasteiger partial charge in [-0.1, -0.05) is 257 Å². The zero-order chi connectivity index (χ0) is 47.8. The number of phosphoric ester groups is 1. The lowest BCUT2D eigenvalue weighted by atomic mass is 10.0. The lowest BCUT2D eigenvalue weighted by molar-refractivity contribution is -0.870. The number of likely N-dealkylation sites (N-methyl/N-ethyl adjacent to an activating group) is 1. The van der Waals surface area contributed by atoms with Crippen molar-refractivity contribution in [2.45, 2.75) is 302 Å². The standard InChI is InChI=1S/C56H113N2O6P/c1-6-8-10-12-14-16-18-20-22-24-26-28-30-31-33-35-37-39-41-43-45-47-49-55(59)54(53-64-65(61,62)63-52-51-58(3,4)5)57-56(60)50-48-46-44-42-40-38-36-34-32-29-27-25-23-21-19-17-15-13-11-9-7-2/h29,32,54-55,59H,6-28,30-31,33-53H2,1-5H3,(H-,57,60,61,62)/p+1/b32-29-. The summed E-state index contributed by atoms with van der Waals surface area (Å²) < 4.78 is 23.8. The summed E-state index contributed by atoms with van der Waals surface area (Å²) in [6, 6.07) is -0.760. The van der Waals surface area contributed by atoms with Gasteiger partial charge < -0.3 is 19.8 Å². The number of unbranched alkanes of at least 4 members (excludes halogenated alkanes) is 38. The van der Waals surface area contributed by atoms with Crippen molar-refractivity contribution < 1.29 is 32.9 Å². The van der Waals surface area contributed by atoms with Gasteiger partial charge in [0.25, 0.3) is 0 Å². The van der Waals surface area contributed by atoms with E-state index in [0.29, 0.717) is 23.9 Å². The van der Waals surface area contributed by atoms with E-state index in [1.54, 1.807) is 0 Å². The fraction of sp³-hybridized carbons (Fsp3) is 0.946. The van der Waals surface area contributed by atoms with Gasteiger partial charge in [-0.3, -0.25) is 13.8 Å². The Hall–Kier alpha value is -0.760. The molecule has 0 saturated carbocycles. The maximum atomic E-state index is 13.0. The minimum Gasteiger partial charge on any atom is -0.391 e. The summed E-state index contributed by atoms with van der Waals surface area (Å²) >= 11 is 0. The normalized spacial score (nSPS) is 14.0. The Morgan fingerprint density at radius 3 is 1.18 bits per heavy atom. The summed E-state index contributed by atoms with van der Waals surface area (Å²) in [6.45, 7) is 4.93. The van der Waals surface area contributed by atoms with Crippen LogP contribution in [0.3, 0.4) is 0 Å². The minimum atomic E-state index is -4.32. The number of nitrogens with one attached hydrogen (secondary N) is 1. The Bertz CT molecular complexity index is 1070. The molecule has 3 atom stereocenters. The van der Waals surface area contributed by atoms with Gasteiger partial charge in [0.05, 0.1) is 39.9 Å². The summed E-state index contributed by atoms with van der Waals surface area (Å²) in [6.07, 6.45) is 58.3. The van der Waals surface area contributed by atoms with Crippen LogP contribution in [0.15, 0.2) is 12.2 Å². The lowest BCUT2D eigenvalue weighted by Gasteiger charge is -2.26. The van der Waals surface area contributed by atoms with Gasteiger partial charge in [-0.25, -0.2) is 4.57 Å². The average Bonchev–Trinajstić information content (AvgIpc) is 3.26. The van der Waals surface area contributed by atoms with Crippen LogP contribution in [0.5, 0.6) is 0 Å². The number of rotatable bonds is 53. The number of aliphatic hydroxyl groups is 1. The molecular formula is C56H114N2O6P+. The fourth-order valence-corrected chi connectivity index (χ4v) is 9.49. The predicted octanol–water partition coefficient (Wildman–Crippen LogP) is 17.0. The zero-order valence-electron chi connectivity index (χ0n) is 44.3. The first-order valence-corrected chi connectivity index (χ1v) is 30.0. The SMILES string of the molecule is CCCCCCCCCCCC/C=C\CCCCCCCCCC(=O)NC(COP(=O)(O)OCC[N+](C)(C)C)C(O)CCCCCCCCCCCCCCCCCCCCCCCC. The van der Waals surface area contributed by atoms with Crippen LogP contribution >= 0.6 is 7.82 Å². The van der Waals surface area contributed by atoms with Crippen LogP contribution in [0.2, 0.25) is 0 Å². The molecule has 0 aromatic carbocycles. The number of phosphoric acid groups is 1. The van der Waals surface area contributed by atoms with Gasteiger partial charge in [0.15, 0.2) is 0 Å². The number of carbonyl (C=O) groups is 1. The van der Waals surface area contributed by atoms with Crippen LogP contribution in [-0.2, 0) is 18.4 Å². The molecule has 388 valence electrons. The molecule has 8 nitrogen and oxygen atoms in total. The second kappa shape index (κ2) is 48.3. The van der Waals surface area contributed by atoms with Gasteiger partial charge in [0.2, 0.25) is 5.91 Å². The van der Waals surface area contributed by atoms with Crippen LogP contribution in [0.1, 0.15) is 290 Å². The first-order valence-electron chi connectivity index (χ1n) is 28.6. The largest absolute Gasteiger partial charge is 0.472 e. The monoisotopic (exact) mass is 942 g/mol. The van der Waals surface area contributed by atoms with E-state index in [1.807, 2.05) is 21.1 Å². The first kappa shape index (κ1) is 64.2. The number of nitrogens with zero attached hydrogens (tertiary/aromatic N) is 1. The highest BCUT2D eigenvalue weighted by atomic mass is 31.2. The maximum Gasteiger partial charge on any atom is 0.472 e. The Morgan fingerprint density at radius 2 is 0.831 bits per heavy atom. The van der Waals surface area contributed by atoms with E-state index in [-0.39, 0.29) is 19.1 Å². The quantitative estimate of drug-likeness (QED) is 0.0243. The van der Waals surface area contributed by atoms with Gasteiger partial charge in [-0.05, 0) is 38.5 Å². The van der Waals surface area contributed by atoms with Crippen LogP contribution in [0.25, 0.3) is 0 Å². The minimum absolute atomic E-state index is 0.0762. The Labute approximate surface area is 405 Å². The van der Waals surface area contributed by atoms with Crippen molar-refractivity contribution in [3.8, 4) is 0 Å². The number of allylic oxidation sites excluding steroid dienone is 2. The third kappa shape index (κ3) is 50.9. The molecule has 0 radical (unpaired) electrons. The van der Waals surface area contributed by atoms with Gasteiger partial charge in [0, 0.05) is 6.42 Å². The van der Waals surface area contributed by atoms with Crippen molar-refractivity contribution in [1.82, 2.24) is 5.32 Å². The molecule has 0 aromatic rings. The van der Waals surface area contributed by atoms with Gasteiger partial charge in [-0.15, -0.1) is 0 Å². The highest BCUT2D eigenvalue weighted by Crippen LogP contribution is 2.43. The first-order chi connectivity index (χ1) is 31.5. The summed E-state index contributed by atoms with van der Waals surface area (Å²) in [5.74, 6) is -0.143. The van der Waals surface area contributed by atoms with E-state index < -0.39 is 20.0 Å². The average molecular weight is 943 g/mol. The van der Waals surface area contributed by atoms with E-state index in [0.717, 1.165) is 38.5 Å². The van der Waals surface area contributed by atoms with E-state index >= 15 is 0 Å². The number of quaternary nitrogens is 1. The van der Waals surface area contributed by atoms with Gasteiger partial charge in [0.1, 0.15) is 13.2 Å². The molecule has 0 aliphatic rings. The number of amides is 1. The smallest absolute Gasteiger partial charge is 0.391 e. The van der Waals surface area contributed by atoms with Crippen LogP contribution in [0, 0.1) is 0 Å². The number of hydrogen-bond donors (Lipinski definition) is 3. The van der Waals surface area contributed by atoms with E-state index in [2.05, 4.69) is 31.3 Å². The molecule has 3 unspecified atom stereocenters. The molecular weight excluding hydrogens is 828 g/mol. The Kier molecular flexibility index (Phi) is 47.7. The van der Waals surface area contributed by atoms with Crippen molar-refractivity contribution in [2.75, 3.05) is 40.9 Å². The zero-order valence-corrected chi connectivity index (χ0v) is 45.2. The molecule has 0 heterocycles. The number of carbonyl (C=O) groups excluding carboxylic acids is 1. The molecule has 65 heavy (non-hydrogen) atoms. The molecule has 1 amide bonds. The Balaban J connectivity index is 4.17. The highest BCUT2D eigenvalue weighted by Gasteiger charge is 2.28. The number of aliphatic hydroxyl groups excluding tert-OH is 1. The van der Waals surface area contributed by atoms with Gasteiger partial charge >= 0.3 is 7.82 Å². The third-order valence-electron chi connectivity index (χ3n) is 13.3. The third-order valence-corrected chi connectivity index (χ3v) is 14.2. The summed E-state index contributed by atoms with van der Waals surface area (Å²) in [5, 5.41) is 14.1. The molecule has 0 aliphatic carbocycles. The number of hydrogen-bond acceptors (Lipinski definition) is 5. The topological polar surface area (TPSA) is 105 Å². The van der Waals surface area contributed by atoms with Crippen molar-refractivity contribution >= 4 is 13.7 Å². The molecule has 0 rings (SSSR count). The second-order valence-electron chi connectivity index (χ2n) is 21.0. The van der Waals surface area contributed by atoms with Crippen LogP contribution in [0.4, 0.5) is 0 Å². The molecule has 0 bridgehead atoms. The molecule has 0 aromatic heterocycles. The summed E-state index contributed by atoms with van der Waals surface area (Å²) in [4.78, 5) is 23.3. The van der Waals surface area contributed by atoms with Crippen LogP contribution in [-0.4, -0.2) is 73.4 Å². The summed E-state index contributed by atoms with van der Waals surface area (Å²) in [5.41, 5.74) is 0. The second-order valence-corrected chi connectivity index (χ2v) is 22.5. The Morgan fingerprint density at radius 1 is 0.508 bits per heavy atom. The maximum absolute atomic E-state index is 13.0. The highest BCUT2D eigenvalue weighted by molar-refractivity contribution is 7.47. The van der Waals surface area contributed by atoms with Crippen LogP contribution < -0.4 is 5.32 Å². The molecule has 0 saturated heterocycles. The molecule has 3 N–H and O–H groups in total. The summed E-state index contributed by atoms with van der Waals surface area (Å²) in [7, 11) is 1.63. The molecule has 0 fully saturated rings. The van der Waals surface area contributed by atoms with Crippen molar-refractivity contribution in [2.24, 2.45) is 0 Å². The lowest BCUT2D eigenvalue weighted by Crippen LogP contribution is -2.46. The van der Waals surface area contributed by atoms with Gasteiger partial charge in [-0.2, -0.15) is 0 Å². The van der Waals surface area contributed by atoms with Crippen molar-refractivity contribution in [3.05, 3.63) is 12.2 Å². The predicted molar refractivity (Wildman–Crippen MR) is 282 cm³/mol. The van der Waals surface area contributed by atoms with E-state index in [4.69, 9.17) is 9.05 Å². The molecule has 9 heteroatoms. The molecule has 0 spiro atoms. The molecule has 0 aliphatic heterocycles. The fourth-order valence-electron chi connectivity index (χ4n) is 8.75. The van der Waals surface area contributed by atoms with E-state index in [9.17, 15) is 19.4 Å². The van der Waals surface area contributed by atoms with Crippen molar-refractivity contribution in [3.63, 3.8) is 0 Å². The van der Waals surface area contributed by atoms with E-state index in [1.165, 1.54) is 225 Å². The van der Waals surface area contributed by atoms with Crippen molar-refractivity contribution in [1.29, 1.82) is 0 Å².